The molecule has 7 nitrogen and oxygen atoms in total. The molecular weight excluding hydrogens is 306 g/mol. The molecule has 0 aromatic rings. The maximum absolute atomic E-state index is 11.9. The molecule has 1 unspecified atom stereocenters. The molecule has 2 aliphatic heterocycles. The number of β-lactam (4-membered cyclic amide) rings is 1. The number of aliphatic hydroxyl groups excluding tert-OH is 1. The Balaban J connectivity index is 2.17. The number of esters is 1. The minimum Gasteiger partial charge on any atom is -0.477 e. The smallest absolute Gasteiger partial charge is 0.354 e. The largest absolute Gasteiger partial charge is 0.477 e. The number of rotatable bonds is 5. The molecule has 1 amide bonds. The van der Waals surface area contributed by atoms with Crippen LogP contribution in [0.25, 0.3) is 0 Å². The second-order valence-corrected chi connectivity index (χ2v) is 6.66. The van der Waals surface area contributed by atoms with E-state index >= 15 is 0 Å². The van der Waals surface area contributed by atoms with Gasteiger partial charge in [-0.2, -0.15) is 0 Å². The molecule has 0 spiro atoms. The van der Waals surface area contributed by atoms with Gasteiger partial charge >= 0.3 is 11.9 Å². The zero-order chi connectivity index (χ0) is 15.0. The third-order valence-corrected chi connectivity index (χ3v) is 5.65. The van der Waals surface area contributed by atoms with Gasteiger partial charge in [-0.3, -0.25) is 14.5 Å². The number of nitrogens with zero attached hydrogens (tertiary/aromatic N) is 1. The molecular formula is C11H13NO6S2. The lowest BCUT2D eigenvalue weighted by Crippen LogP contribution is -2.60. The first-order valence-corrected chi connectivity index (χ1v) is 7.60. The zero-order valence-corrected chi connectivity index (χ0v) is 12.4. The van der Waals surface area contributed by atoms with Crippen molar-refractivity contribution in [3.8, 4) is 0 Å². The van der Waals surface area contributed by atoms with Crippen molar-refractivity contribution in [2.75, 3.05) is 12.9 Å². The van der Waals surface area contributed by atoms with Gasteiger partial charge in [0, 0.05) is 0 Å². The van der Waals surface area contributed by atoms with Crippen LogP contribution in [0.5, 0.6) is 0 Å². The summed E-state index contributed by atoms with van der Waals surface area (Å²) in [5.41, 5.74) is -0.115. The van der Waals surface area contributed by atoms with Gasteiger partial charge in [-0.1, -0.05) is 11.8 Å². The Bertz CT molecular complexity index is 503. The highest BCUT2D eigenvalue weighted by Gasteiger charge is 2.57. The van der Waals surface area contributed by atoms with Gasteiger partial charge in [-0.15, -0.1) is 11.8 Å². The second-order valence-electron chi connectivity index (χ2n) is 4.29. The lowest BCUT2D eigenvalue weighted by atomic mass is 9.92. The van der Waals surface area contributed by atoms with Gasteiger partial charge < -0.3 is 14.9 Å². The highest BCUT2D eigenvalue weighted by Crippen LogP contribution is 2.53. The Kier molecular flexibility index (Phi) is 4.31. The van der Waals surface area contributed by atoms with E-state index in [9.17, 15) is 24.6 Å². The van der Waals surface area contributed by atoms with Crippen LogP contribution in [0.3, 0.4) is 0 Å². The average Bonchev–Trinajstić information content (AvgIpc) is 2.69. The normalized spacial score (nSPS) is 26.1. The first kappa shape index (κ1) is 15.2. The molecule has 2 rings (SSSR count). The number of aliphatic carboxylic acids is 1. The van der Waals surface area contributed by atoms with Crippen LogP contribution >= 0.6 is 23.5 Å². The van der Waals surface area contributed by atoms with Crippen molar-refractivity contribution in [2.24, 2.45) is 5.92 Å². The zero-order valence-electron chi connectivity index (χ0n) is 10.7. The Labute approximate surface area is 123 Å². The fourth-order valence-corrected chi connectivity index (χ4v) is 4.79. The summed E-state index contributed by atoms with van der Waals surface area (Å²) in [5, 5.41) is 18.4. The lowest BCUT2D eigenvalue weighted by molar-refractivity contribution is -0.156. The quantitative estimate of drug-likeness (QED) is 0.541. The molecule has 0 radical (unpaired) electrons. The molecule has 2 N–H and O–H groups in total. The first-order chi connectivity index (χ1) is 9.38. The number of methoxy groups -OCH3 is 1. The number of hydrogen-bond donors (Lipinski definition) is 2. The van der Waals surface area contributed by atoms with Gasteiger partial charge in [0.15, 0.2) is 5.70 Å². The van der Waals surface area contributed by atoms with Gasteiger partial charge in [-0.05, 0) is 6.92 Å². The van der Waals surface area contributed by atoms with Crippen LogP contribution in [0, 0.1) is 5.92 Å². The van der Waals surface area contributed by atoms with Crippen molar-refractivity contribution < 1.29 is 29.3 Å². The Morgan fingerprint density at radius 2 is 2.20 bits per heavy atom. The highest BCUT2D eigenvalue weighted by atomic mass is 32.2. The number of carboxylic acids is 1. The van der Waals surface area contributed by atoms with Gasteiger partial charge in [0.1, 0.15) is 5.37 Å². The molecule has 20 heavy (non-hydrogen) atoms. The van der Waals surface area contributed by atoms with Crippen LogP contribution < -0.4 is 0 Å². The summed E-state index contributed by atoms with van der Waals surface area (Å²) in [6, 6.07) is 0. The van der Waals surface area contributed by atoms with E-state index in [0.29, 0.717) is 4.24 Å². The summed E-state index contributed by atoms with van der Waals surface area (Å²) in [6.07, 6.45) is -0.837. The number of carbonyl (C=O) groups is 3. The number of aliphatic hydroxyl groups is 1. The van der Waals surface area contributed by atoms with Crippen molar-refractivity contribution in [3.05, 3.63) is 9.93 Å². The standard InChI is InChI=1S/C11H13NO6S2/c1-4(13)6-8(15)12-7(10(16)17)11(20-9(6)12)19-3-5(14)18-2/h4,6,9,13H,3H2,1-2H3,(H,16,17)/t4?,6-,9+/m0/s1. The minimum atomic E-state index is -1.22. The van der Waals surface area contributed by atoms with E-state index < -0.39 is 35.2 Å². The molecule has 2 heterocycles. The van der Waals surface area contributed by atoms with Crippen LogP contribution in [-0.2, 0) is 19.1 Å². The molecule has 2 aliphatic rings. The third kappa shape index (κ3) is 2.40. The third-order valence-electron chi connectivity index (χ3n) is 3.02. The van der Waals surface area contributed by atoms with Crippen molar-refractivity contribution in [3.63, 3.8) is 0 Å². The molecule has 1 saturated heterocycles. The van der Waals surface area contributed by atoms with Crippen molar-refractivity contribution in [1.82, 2.24) is 4.90 Å². The van der Waals surface area contributed by atoms with E-state index in [4.69, 9.17) is 0 Å². The fraction of sp³-hybridized carbons (Fsp3) is 0.545. The van der Waals surface area contributed by atoms with E-state index in [1.165, 1.54) is 30.7 Å². The van der Waals surface area contributed by atoms with E-state index in [1.54, 1.807) is 0 Å². The number of hydrogen-bond acceptors (Lipinski definition) is 7. The molecule has 0 saturated carbocycles. The van der Waals surface area contributed by atoms with E-state index in [2.05, 4.69) is 4.74 Å². The summed E-state index contributed by atoms with van der Waals surface area (Å²) < 4.78 is 4.89. The lowest BCUT2D eigenvalue weighted by Gasteiger charge is -2.43. The number of ether oxygens (including phenoxy) is 1. The van der Waals surface area contributed by atoms with Crippen molar-refractivity contribution >= 4 is 41.4 Å². The minimum absolute atomic E-state index is 0.0241. The van der Waals surface area contributed by atoms with Crippen LogP contribution in [0.1, 0.15) is 6.92 Å². The number of carbonyl (C=O) groups excluding carboxylic acids is 2. The second kappa shape index (κ2) is 5.66. The summed E-state index contributed by atoms with van der Waals surface area (Å²) >= 11 is 2.22. The predicted octanol–water partition coefficient (Wildman–Crippen LogP) is 0.0584. The summed E-state index contributed by atoms with van der Waals surface area (Å²) in [5.74, 6) is -2.72. The number of carboxylic acid groups (broad SMARTS) is 1. The molecule has 0 aromatic heterocycles. The maximum atomic E-state index is 11.9. The topological polar surface area (TPSA) is 104 Å². The Morgan fingerprint density at radius 3 is 2.70 bits per heavy atom. The molecule has 9 heteroatoms. The van der Waals surface area contributed by atoms with Crippen molar-refractivity contribution in [2.45, 2.75) is 18.4 Å². The fourth-order valence-electron chi connectivity index (χ4n) is 2.03. The van der Waals surface area contributed by atoms with Gasteiger partial charge in [0.2, 0.25) is 5.91 Å². The van der Waals surface area contributed by atoms with Gasteiger partial charge in [0.05, 0.1) is 29.1 Å². The molecule has 1 fully saturated rings. The van der Waals surface area contributed by atoms with Gasteiger partial charge in [0.25, 0.3) is 0 Å². The van der Waals surface area contributed by atoms with Crippen molar-refractivity contribution in [1.29, 1.82) is 0 Å². The van der Waals surface area contributed by atoms with E-state index in [-0.39, 0.29) is 11.4 Å². The summed E-state index contributed by atoms with van der Waals surface area (Å²) in [7, 11) is 1.25. The monoisotopic (exact) mass is 319 g/mol. The first-order valence-electron chi connectivity index (χ1n) is 5.73. The highest BCUT2D eigenvalue weighted by molar-refractivity contribution is 8.23. The SMILES string of the molecule is COC(=O)CSC1=C(C(=O)O)N2C(=O)[C@H](C(C)O)[C@H]2S1. The maximum Gasteiger partial charge on any atom is 0.354 e. The van der Waals surface area contributed by atoms with Crippen LogP contribution in [0.4, 0.5) is 0 Å². The summed E-state index contributed by atoms with van der Waals surface area (Å²) in [4.78, 5) is 35.5. The van der Waals surface area contributed by atoms with Crippen LogP contribution in [0.2, 0.25) is 0 Å². The number of amides is 1. The molecule has 0 bridgehead atoms. The summed E-state index contributed by atoms with van der Waals surface area (Å²) in [6.45, 7) is 1.50. The van der Waals surface area contributed by atoms with Crippen LogP contribution in [0.15, 0.2) is 9.93 Å². The van der Waals surface area contributed by atoms with Gasteiger partial charge in [-0.25, -0.2) is 4.79 Å². The average molecular weight is 319 g/mol. The molecule has 110 valence electrons. The molecule has 3 atom stereocenters. The molecule has 0 aliphatic carbocycles. The Morgan fingerprint density at radius 1 is 1.55 bits per heavy atom. The van der Waals surface area contributed by atoms with E-state index in [0.717, 1.165) is 11.8 Å². The number of fused-ring (bicyclic) bond motifs is 1. The van der Waals surface area contributed by atoms with Crippen LogP contribution in [-0.4, -0.2) is 57.3 Å². The van der Waals surface area contributed by atoms with E-state index in [1.807, 2.05) is 0 Å². The predicted molar refractivity (Wildman–Crippen MR) is 72.5 cm³/mol. The Hall–Kier alpha value is -1.19. The molecule has 0 aromatic carbocycles. The number of thioether (sulfide) groups is 2.